The van der Waals surface area contributed by atoms with Crippen LogP contribution in [0.2, 0.25) is 0 Å². The van der Waals surface area contributed by atoms with E-state index in [1.165, 1.54) is 31.2 Å². The van der Waals surface area contributed by atoms with E-state index in [1.807, 2.05) is 5.32 Å². The van der Waals surface area contributed by atoms with Gasteiger partial charge >= 0.3 is 12.1 Å². The number of amides is 1. The Morgan fingerprint density at radius 3 is 2.48 bits per heavy atom. The number of nitrogens with zero attached hydrogens (tertiary/aromatic N) is 1. The number of aromatic nitrogens is 1. The number of rotatable bonds is 6. The van der Waals surface area contributed by atoms with Crippen LogP contribution >= 0.6 is 11.3 Å². The van der Waals surface area contributed by atoms with Crippen LogP contribution in [0.5, 0.6) is 0 Å². The monoisotopic (exact) mass is 405 g/mol. The van der Waals surface area contributed by atoms with Gasteiger partial charge in [-0.15, -0.1) is 11.3 Å². The number of benzene rings is 1. The van der Waals surface area contributed by atoms with Gasteiger partial charge in [-0.05, 0) is 26.0 Å². The van der Waals surface area contributed by atoms with Crippen LogP contribution in [0, 0.1) is 0 Å². The predicted molar refractivity (Wildman–Crippen MR) is 90.5 cm³/mol. The fourth-order valence-corrected chi connectivity index (χ4v) is 2.74. The number of carbonyl (C=O) groups excluding carboxylic acids is 1. The summed E-state index contributed by atoms with van der Waals surface area (Å²) in [6, 6.07) is 4.12. The first-order valence-electron chi connectivity index (χ1n) is 7.54. The number of alkyl halides is 4. The molecular formula is C16H15F4N3O3S. The minimum atomic E-state index is -4.57. The van der Waals surface area contributed by atoms with Gasteiger partial charge in [0, 0.05) is 16.6 Å². The quantitative estimate of drug-likeness (QED) is 0.638. The van der Waals surface area contributed by atoms with Crippen molar-refractivity contribution in [2.45, 2.75) is 31.7 Å². The van der Waals surface area contributed by atoms with E-state index in [1.54, 1.807) is 0 Å². The summed E-state index contributed by atoms with van der Waals surface area (Å²) in [7, 11) is 0. The molecule has 2 aromatic rings. The van der Waals surface area contributed by atoms with Gasteiger partial charge < -0.3 is 15.7 Å². The Morgan fingerprint density at radius 1 is 1.26 bits per heavy atom. The van der Waals surface area contributed by atoms with Crippen molar-refractivity contribution in [1.29, 1.82) is 0 Å². The summed E-state index contributed by atoms with van der Waals surface area (Å²) in [6.45, 7) is 2.15. The maximum absolute atomic E-state index is 14.9. The Balaban J connectivity index is 2.19. The van der Waals surface area contributed by atoms with Gasteiger partial charge in [0.2, 0.25) is 5.67 Å². The molecule has 0 aliphatic heterocycles. The van der Waals surface area contributed by atoms with Gasteiger partial charge in [0.1, 0.15) is 6.04 Å². The second kappa shape index (κ2) is 7.51. The zero-order valence-corrected chi connectivity index (χ0v) is 14.9. The summed E-state index contributed by atoms with van der Waals surface area (Å²) in [4.78, 5) is 26.3. The molecule has 1 unspecified atom stereocenters. The summed E-state index contributed by atoms with van der Waals surface area (Å²) >= 11 is 0.722. The highest BCUT2D eigenvalue weighted by atomic mass is 32.1. The second-order valence-corrected chi connectivity index (χ2v) is 6.64. The minimum Gasteiger partial charge on any atom is -0.480 e. The Labute approximate surface area is 155 Å². The first-order chi connectivity index (χ1) is 12.4. The highest BCUT2D eigenvalue weighted by Crippen LogP contribution is 2.33. The predicted octanol–water partition coefficient (Wildman–Crippen LogP) is 3.68. The number of nitrogens with one attached hydrogen (secondary N) is 2. The van der Waals surface area contributed by atoms with Crippen molar-refractivity contribution in [3.63, 3.8) is 0 Å². The lowest BCUT2D eigenvalue weighted by molar-refractivity contribution is -0.143. The first kappa shape index (κ1) is 20.6. The molecule has 2 rings (SSSR count). The second-order valence-electron chi connectivity index (χ2n) is 5.78. The van der Waals surface area contributed by atoms with Crippen LogP contribution in [0.3, 0.4) is 0 Å². The van der Waals surface area contributed by atoms with Gasteiger partial charge in [-0.3, -0.25) is 9.59 Å². The van der Waals surface area contributed by atoms with Gasteiger partial charge in [-0.25, -0.2) is 9.37 Å². The molecule has 0 bridgehead atoms. The number of aliphatic carboxylic acids is 1. The van der Waals surface area contributed by atoms with Crippen LogP contribution < -0.4 is 10.6 Å². The normalized spacial score (nSPS) is 14.9. The number of carboxylic acid groups (broad SMARTS) is 1. The van der Waals surface area contributed by atoms with Crippen LogP contribution in [0.25, 0.3) is 0 Å². The fourth-order valence-electron chi connectivity index (χ4n) is 2.00. The van der Waals surface area contributed by atoms with Gasteiger partial charge in [-0.1, -0.05) is 12.1 Å². The molecule has 146 valence electrons. The number of carbonyl (C=O) groups is 2. The molecule has 11 heteroatoms. The van der Waals surface area contributed by atoms with Crippen molar-refractivity contribution < 1.29 is 32.3 Å². The van der Waals surface area contributed by atoms with Crippen LogP contribution in [-0.4, -0.2) is 28.0 Å². The summed E-state index contributed by atoms with van der Waals surface area (Å²) in [5.74, 6) is -2.47. The Bertz CT molecular complexity index is 851. The average Bonchev–Trinajstić information content (AvgIpc) is 3.03. The smallest absolute Gasteiger partial charge is 0.434 e. The number of hydrogen-bond donors (Lipinski definition) is 3. The molecule has 1 heterocycles. The molecular weight excluding hydrogens is 390 g/mol. The highest BCUT2D eigenvalue weighted by Gasteiger charge is 2.37. The fraction of sp³-hybridized carbons (Fsp3) is 0.312. The van der Waals surface area contributed by atoms with Gasteiger partial charge in [0.15, 0.2) is 10.8 Å². The van der Waals surface area contributed by atoms with Crippen molar-refractivity contribution in [1.82, 2.24) is 10.3 Å². The van der Waals surface area contributed by atoms with E-state index in [2.05, 4.69) is 10.3 Å². The zero-order chi connectivity index (χ0) is 20.4. The van der Waals surface area contributed by atoms with Crippen molar-refractivity contribution in [3.05, 3.63) is 40.9 Å². The SMILES string of the molecule is C[C@H](NC(=O)C(C)(F)c1cccc(Nc2nc(C(F)(F)F)cs2)c1)C(=O)O. The van der Waals surface area contributed by atoms with Gasteiger partial charge in [-0.2, -0.15) is 13.2 Å². The largest absolute Gasteiger partial charge is 0.480 e. The Kier molecular flexibility index (Phi) is 5.73. The summed E-state index contributed by atoms with van der Waals surface area (Å²) in [5, 5.41) is 14.2. The molecule has 27 heavy (non-hydrogen) atoms. The maximum atomic E-state index is 14.9. The molecule has 0 aliphatic rings. The van der Waals surface area contributed by atoms with Crippen LogP contribution in [0.4, 0.5) is 28.4 Å². The lowest BCUT2D eigenvalue weighted by atomic mass is 9.96. The molecule has 2 atom stereocenters. The van der Waals surface area contributed by atoms with E-state index < -0.39 is 35.5 Å². The molecule has 0 saturated carbocycles. The van der Waals surface area contributed by atoms with Crippen LogP contribution in [0.1, 0.15) is 25.1 Å². The Morgan fingerprint density at radius 2 is 1.93 bits per heavy atom. The molecule has 0 fully saturated rings. The third-order valence-electron chi connectivity index (χ3n) is 3.60. The highest BCUT2D eigenvalue weighted by molar-refractivity contribution is 7.13. The topological polar surface area (TPSA) is 91.3 Å². The molecule has 0 aliphatic carbocycles. The third kappa shape index (κ3) is 4.94. The number of anilines is 2. The van der Waals surface area contributed by atoms with Crippen LogP contribution in [0.15, 0.2) is 29.6 Å². The summed E-state index contributed by atoms with van der Waals surface area (Å²) < 4.78 is 52.7. The minimum absolute atomic E-state index is 0.0519. The van der Waals surface area contributed by atoms with Crippen molar-refractivity contribution in [3.8, 4) is 0 Å². The van der Waals surface area contributed by atoms with E-state index in [-0.39, 0.29) is 16.4 Å². The van der Waals surface area contributed by atoms with E-state index in [9.17, 15) is 27.2 Å². The average molecular weight is 405 g/mol. The molecule has 1 amide bonds. The molecule has 1 aromatic heterocycles. The van der Waals surface area contributed by atoms with Gasteiger partial charge in [0.25, 0.3) is 5.91 Å². The van der Waals surface area contributed by atoms with Crippen LogP contribution in [-0.2, 0) is 21.4 Å². The first-order valence-corrected chi connectivity index (χ1v) is 8.42. The molecule has 6 nitrogen and oxygen atoms in total. The lowest BCUT2D eigenvalue weighted by Gasteiger charge is -2.22. The molecule has 0 radical (unpaired) electrons. The van der Waals surface area contributed by atoms with Gasteiger partial charge in [0.05, 0.1) is 0 Å². The Hall–Kier alpha value is -2.69. The van der Waals surface area contributed by atoms with Crippen molar-refractivity contribution in [2.24, 2.45) is 0 Å². The number of hydrogen-bond acceptors (Lipinski definition) is 5. The zero-order valence-electron chi connectivity index (χ0n) is 14.1. The summed E-state index contributed by atoms with van der Waals surface area (Å²) in [5.41, 5.74) is -3.49. The van der Waals surface area contributed by atoms with Crippen molar-refractivity contribution >= 4 is 34.0 Å². The lowest BCUT2D eigenvalue weighted by Crippen LogP contribution is -2.46. The molecule has 0 saturated heterocycles. The summed E-state index contributed by atoms with van der Waals surface area (Å²) in [6.07, 6.45) is -4.57. The molecule has 1 aromatic carbocycles. The van der Waals surface area contributed by atoms with E-state index >= 15 is 0 Å². The van der Waals surface area contributed by atoms with E-state index in [4.69, 9.17) is 5.11 Å². The number of halogens is 4. The number of carboxylic acids is 1. The third-order valence-corrected chi connectivity index (χ3v) is 4.35. The molecule has 0 spiro atoms. The molecule has 3 N–H and O–H groups in total. The number of thiazole rings is 1. The van der Waals surface area contributed by atoms with E-state index in [0.29, 0.717) is 0 Å². The standard InChI is InChI=1S/C16H15F4N3O3S/c1-8(12(24)25)21-13(26)15(2,17)9-4-3-5-10(6-9)22-14-23-11(7-27-14)16(18,19)20/h3-8H,1-2H3,(H,21,26)(H,22,23)(H,24,25)/t8-,15?/m0/s1. The van der Waals surface area contributed by atoms with Crippen molar-refractivity contribution in [2.75, 3.05) is 5.32 Å². The maximum Gasteiger partial charge on any atom is 0.434 e. The van der Waals surface area contributed by atoms with E-state index in [0.717, 1.165) is 23.6 Å².